The van der Waals surface area contributed by atoms with Crippen LogP contribution in [0.15, 0.2) is 24.3 Å². The maximum absolute atomic E-state index is 11.3. The van der Waals surface area contributed by atoms with Crippen molar-refractivity contribution >= 4 is 21.6 Å². The van der Waals surface area contributed by atoms with Gasteiger partial charge in [0.1, 0.15) is 5.21 Å². The molecule has 1 atom stereocenters. The van der Waals surface area contributed by atoms with Crippen molar-refractivity contribution < 1.29 is 8.42 Å². The number of aryl methyl sites for hydroxylation is 1. The maximum Gasteiger partial charge on any atom is 0.226 e. The maximum atomic E-state index is 11.3. The first kappa shape index (κ1) is 10.9. The molecule has 0 bridgehead atoms. The van der Waals surface area contributed by atoms with Crippen LogP contribution in [-0.2, 0) is 16.4 Å². The third kappa shape index (κ3) is 2.33. The molecule has 1 aromatic carbocycles. The number of hydrogen-bond donors (Lipinski definition) is 1. The first-order chi connectivity index (χ1) is 7.12. The van der Waals surface area contributed by atoms with Gasteiger partial charge in [-0.15, -0.1) is 11.6 Å². The van der Waals surface area contributed by atoms with E-state index in [0.29, 0.717) is 0 Å². The van der Waals surface area contributed by atoms with Crippen molar-refractivity contribution in [3.05, 3.63) is 35.4 Å². The third-order valence-electron chi connectivity index (χ3n) is 2.60. The second-order valence-electron chi connectivity index (χ2n) is 3.63. The minimum Gasteiger partial charge on any atom is -0.211 e. The van der Waals surface area contributed by atoms with E-state index in [9.17, 15) is 8.42 Å². The number of alkyl halides is 1. The fourth-order valence-corrected chi connectivity index (χ4v) is 2.86. The number of fused-ring (bicyclic) bond motifs is 1. The second-order valence-corrected chi connectivity index (χ2v) is 5.97. The number of benzene rings is 1. The summed E-state index contributed by atoms with van der Waals surface area (Å²) in [6.07, 6.45) is 1.74. The molecule has 5 heteroatoms. The van der Waals surface area contributed by atoms with Crippen molar-refractivity contribution in [3.8, 4) is 0 Å². The average Bonchev–Trinajstić information content (AvgIpc) is 2.62. The summed E-state index contributed by atoms with van der Waals surface area (Å²) >= 11 is 5.35. The summed E-state index contributed by atoms with van der Waals surface area (Å²) in [5.74, 6) is 0. The Balaban J connectivity index is 2.22. The molecule has 0 saturated heterocycles. The quantitative estimate of drug-likeness (QED) is 0.826. The fraction of sp³-hybridized carbons (Fsp3) is 0.400. The molecule has 1 aliphatic carbocycles. The van der Waals surface area contributed by atoms with E-state index in [1.807, 2.05) is 24.3 Å². The molecular weight excluding hydrogens is 234 g/mol. The number of halogens is 1. The Hall–Kier alpha value is -0.580. The van der Waals surface area contributed by atoms with Gasteiger partial charge in [-0.2, -0.15) is 0 Å². The molecule has 1 unspecified atom stereocenters. The summed E-state index contributed by atoms with van der Waals surface area (Å²) in [5.41, 5.74) is 2.30. The Morgan fingerprint density at radius 2 is 2.13 bits per heavy atom. The first-order valence-corrected chi connectivity index (χ1v) is 6.95. The smallest absolute Gasteiger partial charge is 0.211 e. The van der Waals surface area contributed by atoms with Crippen molar-refractivity contribution in [1.82, 2.24) is 4.72 Å². The van der Waals surface area contributed by atoms with E-state index >= 15 is 0 Å². The van der Waals surface area contributed by atoms with Crippen molar-refractivity contribution in [1.29, 1.82) is 0 Å². The standard InChI is InChI=1S/C10H12ClNO2S/c11-7-15(13,14)12-10-6-5-8-3-1-2-4-9(8)10/h1-4,10,12H,5-7H2. The van der Waals surface area contributed by atoms with Crippen LogP contribution >= 0.6 is 11.6 Å². The van der Waals surface area contributed by atoms with E-state index in [4.69, 9.17) is 11.6 Å². The van der Waals surface area contributed by atoms with Gasteiger partial charge in [-0.1, -0.05) is 24.3 Å². The lowest BCUT2D eigenvalue weighted by Gasteiger charge is -2.12. The van der Waals surface area contributed by atoms with Gasteiger partial charge in [0.15, 0.2) is 0 Å². The van der Waals surface area contributed by atoms with E-state index < -0.39 is 10.0 Å². The molecule has 0 spiro atoms. The van der Waals surface area contributed by atoms with E-state index in [0.717, 1.165) is 18.4 Å². The van der Waals surface area contributed by atoms with Crippen LogP contribution in [0.3, 0.4) is 0 Å². The van der Waals surface area contributed by atoms with Gasteiger partial charge in [0, 0.05) is 6.04 Å². The van der Waals surface area contributed by atoms with Crippen LogP contribution in [0.4, 0.5) is 0 Å². The lowest BCUT2D eigenvalue weighted by atomic mass is 10.1. The van der Waals surface area contributed by atoms with Gasteiger partial charge in [-0.25, -0.2) is 13.1 Å². The van der Waals surface area contributed by atoms with Gasteiger partial charge in [0.05, 0.1) is 0 Å². The SMILES string of the molecule is O=S(=O)(CCl)NC1CCc2ccccc21. The van der Waals surface area contributed by atoms with Gasteiger partial charge < -0.3 is 0 Å². The van der Waals surface area contributed by atoms with Crippen molar-refractivity contribution in [2.24, 2.45) is 0 Å². The van der Waals surface area contributed by atoms with E-state index in [-0.39, 0.29) is 11.3 Å². The molecule has 15 heavy (non-hydrogen) atoms. The minimum absolute atomic E-state index is 0.107. The minimum atomic E-state index is -3.33. The molecule has 2 rings (SSSR count). The van der Waals surface area contributed by atoms with E-state index in [1.54, 1.807) is 0 Å². The van der Waals surface area contributed by atoms with Crippen LogP contribution < -0.4 is 4.72 Å². The zero-order chi connectivity index (χ0) is 10.9. The number of hydrogen-bond acceptors (Lipinski definition) is 2. The predicted molar refractivity (Wildman–Crippen MR) is 60.3 cm³/mol. The van der Waals surface area contributed by atoms with Gasteiger partial charge in [0.25, 0.3) is 0 Å². The van der Waals surface area contributed by atoms with Gasteiger partial charge in [-0.05, 0) is 24.0 Å². The summed E-state index contributed by atoms with van der Waals surface area (Å²) in [4.78, 5) is 0. The molecule has 82 valence electrons. The predicted octanol–water partition coefficient (Wildman–Crippen LogP) is 1.79. The highest BCUT2D eigenvalue weighted by molar-refractivity contribution is 7.90. The topological polar surface area (TPSA) is 46.2 Å². The largest absolute Gasteiger partial charge is 0.226 e. The Morgan fingerprint density at radius 3 is 2.87 bits per heavy atom. The average molecular weight is 246 g/mol. The molecular formula is C10H12ClNO2S. The lowest BCUT2D eigenvalue weighted by molar-refractivity contribution is 0.559. The Labute approximate surface area is 94.5 Å². The number of rotatable bonds is 3. The Bertz CT molecular complexity index is 458. The van der Waals surface area contributed by atoms with Crippen molar-refractivity contribution in [2.45, 2.75) is 18.9 Å². The summed E-state index contributed by atoms with van der Waals surface area (Å²) < 4.78 is 25.2. The van der Waals surface area contributed by atoms with Crippen molar-refractivity contribution in [3.63, 3.8) is 0 Å². The summed E-state index contributed by atoms with van der Waals surface area (Å²) in [7, 11) is -3.33. The summed E-state index contributed by atoms with van der Waals surface area (Å²) in [6.45, 7) is 0. The first-order valence-electron chi connectivity index (χ1n) is 4.76. The highest BCUT2D eigenvalue weighted by Gasteiger charge is 2.25. The molecule has 3 nitrogen and oxygen atoms in total. The highest BCUT2D eigenvalue weighted by Crippen LogP contribution is 2.31. The highest BCUT2D eigenvalue weighted by atomic mass is 35.5. The molecule has 0 heterocycles. The Kier molecular flexibility index (Phi) is 3.00. The zero-order valence-electron chi connectivity index (χ0n) is 8.11. The monoisotopic (exact) mass is 245 g/mol. The molecule has 0 radical (unpaired) electrons. The second kappa shape index (κ2) is 4.12. The fourth-order valence-electron chi connectivity index (χ4n) is 1.93. The molecule has 0 aliphatic heterocycles. The van der Waals surface area contributed by atoms with E-state index in [1.165, 1.54) is 5.56 Å². The molecule has 1 aliphatic rings. The summed E-state index contributed by atoms with van der Waals surface area (Å²) in [6, 6.07) is 7.78. The lowest BCUT2D eigenvalue weighted by Crippen LogP contribution is -2.27. The number of sulfonamides is 1. The summed E-state index contributed by atoms with van der Waals surface area (Å²) in [5, 5.41) is -0.383. The van der Waals surface area contributed by atoms with Crippen LogP contribution in [0, 0.1) is 0 Å². The third-order valence-corrected chi connectivity index (χ3v) is 4.39. The normalized spacial score (nSPS) is 20.2. The van der Waals surface area contributed by atoms with Gasteiger partial charge in [0.2, 0.25) is 10.0 Å². The molecule has 0 saturated carbocycles. The molecule has 0 fully saturated rings. The van der Waals surface area contributed by atoms with Crippen LogP contribution in [0.1, 0.15) is 23.6 Å². The van der Waals surface area contributed by atoms with Crippen LogP contribution in [0.25, 0.3) is 0 Å². The van der Waals surface area contributed by atoms with Gasteiger partial charge >= 0.3 is 0 Å². The van der Waals surface area contributed by atoms with Crippen LogP contribution in [0.2, 0.25) is 0 Å². The van der Waals surface area contributed by atoms with E-state index in [2.05, 4.69) is 4.72 Å². The zero-order valence-corrected chi connectivity index (χ0v) is 9.68. The Morgan fingerprint density at radius 1 is 1.40 bits per heavy atom. The molecule has 0 amide bonds. The van der Waals surface area contributed by atoms with Crippen molar-refractivity contribution in [2.75, 3.05) is 5.21 Å². The van der Waals surface area contributed by atoms with Gasteiger partial charge in [-0.3, -0.25) is 0 Å². The van der Waals surface area contributed by atoms with Crippen LogP contribution in [0.5, 0.6) is 0 Å². The molecule has 1 N–H and O–H groups in total. The molecule has 1 aromatic rings. The number of nitrogens with one attached hydrogen (secondary N) is 1. The molecule has 0 aromatic heterocycles. The van der Waals surface area contributed by atoms with Crippen LogP contribution in [-0.4, -0.2) is 13.6 Å².